The molecule has 0 N–H and O–H groups in total. The molecule has 0 aromatic heterocycles. The Morgan fingerprint density at radius 3 is 0.889 bits per heavy atom. The lowest BCUT2D eigenvalue weighted by molar-refractivity contribution is -0.167. The predicted octanol–water partition coefficient (Wildman–Crippen LogP) is 20.7. The number of hydrogen-bond donors (Lipinski definition) is 0. The van der Waals surface area contributed by atoms with Gasteiger partial charge in [0.15, 0.2) is 6.10 Å². The fourth-order valence-electron chi connectivity index (χ4n) is 8.52. The summed E-state index contributed by atoms with van der Waals surface area (Å²) in [5, 5.41) is 0. The Morgan fingerprint density at radius 1 is 0.292 bits per heavy atom. The topological polar surface area (TPSA) is 78.9 Å². The molecular formula is C66H114O6. The van der Waals surface area contributed by atoms with Crippen LogP contribution in [0, 0.1) is 0 Å². The first-order valence-corrected chi connectivity index (χ1v) is 30.6. The van der Waals surface area contributed by atoms with E-state index in [9.17, 15) is 14.4 Å². The van der Waals surface area contributed by atoms with Gasteiger partial charge in [-0.1, -0.05) is 247 Å². The van der Waals surface area contributed by atoms with Gasteiger partial charge in [0, 0.05) is 19.3 Å². The molecule has 0 rings (SSSR count). The number of rotatable bonds is 55. The van der Waals surface area contributed by atoms with Crippen LogP contribution in [0.5, 0.6) is 0 Å². The summed E-state index contributed by atoms with van der Waals surface area (Å²) in [5.41, 5.74) is 0. The van der Waals surface area contributed by atoms with Crippen molar-refractivity contribution >= 4 is 17.9 Å². The maximum atomic E-state index is 12.8. The molecule has 0 bridgehead atoms. The highest BCUT2D eigenvalue weighted by atomic mass is 16.6. The zero-order chi connectivity index (χ0) is 52.2. The fourth-order valence-corrected chi connectivity index (χ4v) is 8.52. The van der Waals surface area contributed by atoms with Crippen molar-refractivity contribution in [3.05, 3.63) is 85.1 Å². The van der Waals surface area contributed by atoms with Crippen LogP contribution in [0.1, 0.15) is 297 Å². The molecule has 0 radical (unpaired) electrons. The molecule has 72 heavy (non-hydrogen) atoms. The molecule has 0 saturated heterocycles. The van der Waals surface area contributed by atoms with Crippen molar-refractivity contribution in [3.63, 3.8) is 0 Å². The largest absolute Gasteiger partial charge is 0.462 e. The van der Waals surface area contributed by atoms with Crippen LogP contribution in [0.4, 0.5) is 0 Å². The lowest BCUT2D eigenvalue weighted by Crippen LogP contribution is -2.30. The molecular weight excluding hydrogens is 889 g/mol. The smallest absolute Gasteiger partial charge is 0.306 e. The Bertz CT molecular complexity index is 1380. The Hall–Kier alpha value is -3.41. The standard InChI is InChI=1S/C66H114O6/c1-4-7-10-13-16-19-22-25-26-27-28-29-30-31-32-33-34-35-36-37-38-39-40-42-44-47-50-53-56-59-65(68)71-62-63(61-70-64(67)58-55-52-49-46-43-24-21-18-15-12-9-6-3)72-66(69)60-57-54-51-48-45-41-23-20-17-14-11-8-5-2/h7,10,16,18-21,23,25-26,28-29,31-32,63H,4-6,8-9,11-15,17,22,24,27,30,33-62H2,1-3H3/b10-7-,19-16-,21-18-,23-20-,26-25-,29-28-,32-31-. The summed E-state index contributed by atoms with van der Waals surface area (Å²) in [5.74, 6) is -0.893. The molecule has 0 aliphatic heterocycles. The zero-order valence-corrected chi connectivity index (χ0v) is 47.4. The van der Waals surface area contributed by atoms with Crippen molar-refractivity contribution in [2.75, 3.05) is 13.2 Å². The molecule has 0 heterocycles. The van der Waals surface area contributed by atoms with E-state index in [2.05, 4.69) is 106 Å². The normalized spacial score (nSPS) is 12.7. The van der Waals surface area contributed by atoms with Crippen molar-refractivity contribution in [2.24, 2.45) is 0 Å². The summed E-state index contributed by atoms with van der Waals surface area (Å²) in [6, 6.07) is 0. The van der Waals surface area contributed by atoms with Crippen LogP contribution in [0.3, 0.4) is 0 Å². The second kappa shape index (κ2) is 60.1. The third-order valence-electron chi connectivity index (χ3n) is 13.1. The van der Waals surface area contributed by atoms with Gasteiger partial charge in [0.25, 0.3) is 0 Å². The van der Waals surface area contributed by atoms with Crippen LogP contribution in [0.25, 0.3) is 0 Å². The second-order valence-corrected chi connectivity index (χ2v) is 20.2. The van der Waals surface area contributed by atoms with E-state index in [1.54, 1.807) is 0 Å². The lowest BCUT2D eigenvalue weighted by atomic mass is 10.0. The third-order valence-corrected chi connectivity index (χ3v) is 13.1. The fraction of sp³-hybridized carbons (Fsp3) is 0.742. The van der Waals surface area contributed by atoms with Crippen molar-refractivity contribution < 1.29 is 28.6 Å². The quantitative estimate of drug-likeness (QED) is 0.0261. The number of unbranched alkanes of at least 4 members (excludes halogenated alkanes) is 30. The minimum absolute atomic E-state index is 0.0812. The summed E-state index contributed by atoms with van der Waals surface area (Å²) < 4.78 is 16.9. The molecule has 0 aromatic carbocycles. The highest BCUT2D eigenvalue weighted by Gasteiger charge is 2.19. The zero-order valence-electron chi connectivity index (χ0n) is 47.4. The third kappa shape index (κ3) is 57.5. The van der Waals surface area contributed by atoms with Gasteiger partial charge in [-0.3, -0.25) is 14.4 Å². The van der Waals surface area contributed by atoms with Gasteiger partial charge in [0.1, 0.15) is 13.2 Å². The molecule has 0 spiro atoms. The number of carbonyl (C=O) groups is 3. The van der Waals surface area contributed by atoms with E-state index in [1.165, 1.54) is 148 Å². The van der Waals surface area contributed by atoms with E-state index < -0.39 is 6.10 Å². The van der Waals surface area contributed by atoms with Crippen LogP contribution < -0.4 is 0 Å². The summed E-state index contributed by atoms with van der Waals surface area (Å²) in [6.45, 7) is 6.49. The van der Waals surface area contributed by atoms with Crippen molar-refractivity contribution in [2.45, 2.75) is 303 Å². The first-order valence-electron chi connectivity index (χ1n) is 30.6. The van der Waals surface area contributed by atoms with Crippen molar-refractivity contribution in [1.82, 2.24) is 0 Å². The van der Waals surface area contributed by atoms with Crippen LogP contribution in [0.15, 0.2) is 85.1 Å². The average Bonchev–Trinajstić information content (AvgIpc) is 3.38. The molecule has 6 heteroatoms. The minimum Gasteiger partial charge on any atom is -0.462 e. The SMILES string of the molecule is CC/C=C\C/C=C\C/C=C\C/C=C\C/C=C\CCCCCCCCCCCCCCCC(=O)OCC(COC(=O)CCCCCCC/C=C\CCCCC)OC(=O)CCCCCCC/C=C\CCCCCC. The highest BCUT2D eigenvalue weighted by Crippen LogP contribution is 2.16. The lowest BCUT2D eigenvalue weighted by Gasteiger charge is -2.18. The molecule has 0 saturated carbocycles. The Kier molecular flexibility index (Phi) is 57.3. The molecule has 0 aliphatic carbocycles. The number of ether oxygens (including phenoxy) is 3. The van der Waals surface area contributed by atoms with E-state index in [1.807, 2.05) is 0 Å². The van der Waals surface area contributed by atoms with E-state index >= 15 is 0 Å². The summed E-state index contributed by atoms with van der Waals surface area (Å²) >= 11 is 0. The number of carbonyl (C=O) groups excluding carboxylic acids is 3. The van der Waals surface area contributed by atoms with Crippen LogP contribution in [0.2, 0.25) is 0 Å². The highest BCUT2D eigenvalue weighted by molar-refractivity contribution is 5.71. The molecule has 414 valence electrons. The van der Waals surface area contributed by atoms with Gasteiger partial charge in [-0.25, -0.2) is 0 Å². The monoisotopic (exact) mass is 1000 g/mol. The molecule has 0 aliphatic rings. The molecule has 6 nitrogen and oxygen atoms in total. The molecule has 0 aromatic rings. The molecule has 0 fully saturated rings. The second-order valence-electron chi connectivity index (χ2n) is 20.2. The number of esters is 3. The average molecular weight is 1000 g/mol. The predicted molar refractivity (Wildman–Crippen MR) is 311 cm³/mol. The van der Waals surface area contributed by atoms with Crippen molar-refractivity contribution in [1.29, 1.82) is 0 Å². The van der Waals surface area contributed by atoms with Gasteiger partial charge in [-0.05, 0) is 116 Å². The van der Waals surface area contributed by atoms with Crippen LogP contribution >= 0.6 is 0 Å². The molecule has 0 amide bonds. The van der Waals surface area contributed by atoms with E-state index in [0.717, 1.165) is 109 Å². The van der Waals surface area contributed by atoms with E-state index in [4.69, 9.17) is 14.2 Å². The van der Waals surface area contributed by atoms with Gasteiger partial charge in [-0.2, -0.15) is 0 Å². The van der Waals surface area contributed by atoms with E-state index in [-0.39, 0.29) is 31.1 Å². The van der Waals surface area contributed by atoms with Gasteiger partial charge >= 0.3 is 17.9 Å². The van der Waals surface area contributed by atoms with Gasteiger partial charge in [0.05, 0.1) is 0 Å². The number of hydrogen-bond acceptors (Lipinski definition) is 6. The summed E-state index contributed by atoms with van der Waals surface area (Å²) in [7, 11) is 0. The summed E-state index contributed by atoms with van der Waals surface area (Å²) in [4.78, 5) is 38.1. The molecule has 1 unspecified atom stereocenters. The number of allylic oxidation sites excluding steroid dienone is 14. The van der Waals surface area contributed by atoms with Gasteiger partial charge < -0.3 is 14.2 Å². The maximum Gasteiger partial charge on any atom is 0.306 e. The minimum atomic E-state index is -0.783. The van der Waals surface area contributed by atoms with Crippen molar-refractivity contribution in [3.8, 4) is 0 Å². The Labute approximate surface area is 445 Å². The van der Waals surface area contributed by atoms with E-state index in [0.29, 0.717) is 19.3 Å². The Morgan fingerprint density at radius 2 is 0.542 bits per heavy atom. The first kappa shape index (κ1) is 68.6. The maximum absolute atomic E-state index is 12.8. The van der Waals surface area contributed by atoms with Gasteiger partial charge in [-0.15, -0.1) is 0 Å². The van der Waals surface area contributed by atoms with Gasteiger partial charge in [0.2, 0.25) is 0 Å². The Balaban J connectivity index is 4.20. The summed E-state index contributed by atoms with van der Waals surface area (Å²) in [6.07, 6.45) is 78.8. The molecule has 1 atom stereocenters. The first-order chi connectivity index (χ1) is 35.5. The van der Waals surface area contributed by atoms with Crippen LogP contribution in [-0.2, 0) is 28.6 Å². The van der Waals surface area contributed by atoms with Crippen LogP contribution in [-0.4, -0.2) is 37.2 Å².